The summed E-state index contributed by atoms with van der Waals surface area (Å²) in [5, 5.41) is 2.93. The summed E-state index contributed by atoms with van der Waals surface area (Å²) < 4.78 is 4.89. The van der Waals surface area contributed by atoms with Gasteiger partial charge >= 0.3 is 5.97 Å². The van der Waals surface area contributed by atoms with Crippen LogP contribution in [0.3, 0.4) is 0 Å². The molecule has 0 spiro atoms. The van der Waals surface area contributed by atoms with E-state index in [9.17, 15) is 9.59 Å². The predicted molar refractivity (Wildman–Crippen MR) is 47.3 cm³/mol. The van der Waals surface area contributed by atoms with Crippen LogP contribution < -0.4 is 5.32 Å². The highest BCUT2D eigenvalue weighted by molar-refractivity contribution is 5.85. The number of rotatable bonds is 5. The number of Topliss-reactive ketones (excluding diaryl/α,β-unsaturated/α-hetero) is 1. The lowest BCUT2D eigenvalue weighted by Gasteiger charge is -2.14. The molecule has 0 bridgehead atoms. The topological polar surface area (TPSA) is 55.4 Å². The molecule has 1 aliphatic rings. The van der Waals surface area contributed by atoms with Crippen LogP contribution >= 0.6 is 0 Å². The number of carbonyl (C=O) groups is 2. The highest BCUT2D eigenvalue weighted by atomic mass is 16.5. The van der Waals surface area contributed by atoms with Crippen LogP contribution in [-0.4, -0.2) is 30.4 Å². The summed E-state index contributed by atoms with van der Waals surface area (Å²) in [7, 11) is 0. The third-order valence-electron chi connectivity index (χ3n) is 2.09. The lowest BCUT2D eigenvalue weighted by atomic mass is 10.2. The van der Waals surface area contributed by atoms with E-state index in [-0.39, 0.29) is 18.3 Å². The molecule has 0 aromatic heterocycles. The van der Waals surface area contributed by atoms with Crippen LogP contribution in [0.15, 0.2) is 0 Å². The predicted octanol–water partition coefficient (Wildman–Crippen LogP) is 0.261. The average Bonchev–Trinajstić information content (AvgIpc) is 2.82. The van der Waals surface area contributed by atoms with Gasteiger partial charge in [-0.3, -0.25) is 14.9 Å². The summed E-state index contributed by atoms with van der Waals surface area (Å²) in [5.74, 6) is -0.188. The minimum atomic E-state index is -0.540. The van der Waals surface area contributed by atoms with Crippen molar-refractivity contribution in [2.75, 3.05) is 13.2 Å². The highest BCUT2D eigenvalue weighted by Gasteiger charge is 2.51. The van der Waals surface area contributed by atoms with Crippen LogP contribution in [0.1, 0.15) is 26.7 Å². The van der Waals surface area contributed by atoms with Gasteiger partial charge in [0.25, 0.3) is 0 Å². The van der Waals surface area contributed by atoms with Crippen LogP contribution in [0.2, 0.25) is 0 Å². The molecule has 0 amide bonds. The Hall–Kier alpha value is -0.900. The zero-order valence-electron chi connectivity index (χ0n) is 8.05. The zero-order chi connectivity index (χ0) is 9.90. The average molecular weight is 185 g/mol. The van der Waals surface area contributed by atoms with E-state index in [2.05, 4.69) is 5.32 Å². The van der Waals surface area contributed by atoms with Crippen molar-refractivity contribution >= 4 is 11.8 Å². The van der Waals surface area contributed by atoms with Crippen LogP contribution in [0.25, 0.3) is 0 Å². The van der Waals surface area contributed by atoms with Crippen LogP contribution in [0, 0.1) is 0 Å². The first-order chi connectivity index (χ1) is 6.10. The first-order valence-electron chi connectivity index (χ1n) is 4.52. The molecule has 0 saturated heterocycles. The number of carbonyl (C=O) groups excluding carboxylic acids is 2. The van der Waals surface area contributed by atoms with E-state index < -0.39 is 5.54 Å². The standard InChI is InChI=1S/C9H15NO3/c1-3-13-8(12)9(4-5-9)10-6-7(2)11/h10H,3-6H2,1-2H3. The molecular formula is C9H15NO3. The molecule has 0 heterocycles. The fourth-order valence-electron chi connectivity index (χ4n) is 1.14. The molecule has 0 aliphatic heterocycles. The van der Waals surface area contributed by atoms with Crippen molar-refractivity contribution in [1.29, 1.82) is 0 Å². The van der Waals surface area contributed by atoms with Gasteiger partial charge in [-0.15, -0.1) is 0 Å². The summed E-state index contributed by atoms with van der Waals surface area (Å²) in [6.45, 7) is 3.91. The van der Waals surface area contributed by atoms with E-state index >= 15 is 0 Å². The maximum atomic E-state index is 11.3. The number of esters is 1. The maximum Gasteiger partial charge on any atom is 0.326 e. The van der Waals surface area contributed by atoms with Gasteiger partial charge in [-0.25, -0.2) is 0 Å². The smallest absolute Gasteiger partial charge is 0.326 e. The van der Waals surface area contributed by atoms with Crippen LogP contribution in [0.4, 0.5) is 0 Å². The van der Waals surface area contributed by atoms with Gasteiger partial charge < -0.3 is 4.74 Å². The van der Waals surface area contributed by atoms with E-state index in [1.165, 1.54) is 6.92 Å². The maximum absolute atomic E-state index is 11.3. The fourth-order valence-corrected chi connectivity index (χ4v) is 1.14. The van der Waals surface area contributed by atoms with Gasteiger partial charge in [0.15, 0.2) is 0 Å². The van der Waals surface area contributed by atoms with Gasteiger partial charge in [0.05, 0.1) is 13.2 Å². The largest absolute Gasteiger partial charge is 0.465 e. The minimum Gasteiger partial charge on any atom is -0.465 e. The Morgan fingerprint density at radius 2 is 2.08 bits per heavy atom. The summed E-state index contributed by atoms with van der Waals surface area (Å²) in [5.41, 5.74) is -0.540. The number of ether oxygens (including phenoxy) is 1. The molecule has 0 aromatic carbocycles. The summed E-state index contributed by atoms with van der Waals surface area (Å²) in [6.07, 6.45) is 1.55. The third-order valence-corrected chi connectivity index (χ3v) is 2.09. The van der Waals surface area contributed by atoms with Crippen molar-refractivity contribution in [3.05, 3.63) is 0 Å². The zero-order valence-corrected chi connectivity index (χ0v) is 8.05. The van der Waals surface area contributed by atoms with Gasteiger partial charge in [0.2, 0.25) is 0 Å². The Bertz CT molecular complexity index is 221. The second kappa shape index (κ2) is 3.87. The Kier molecular flexibility index (Phi) is 3.03. The lowest BCUT2D eigenvalue weighted by Crippen LogP contribution is -2.42. The molecule has 4 nitrogen and oxygen atoms in total. The molecule has 74 valence electrons. The van der Waals surface area contributed by atoms with Crippen molar-refractivity contribution in [1.82, 2.24) is 5.32 Å². The molecule has 4 heteroatoms. The molecule has 1 rings (SSSR count). The van der Waals surface area contributed by atoms with Gasteiger partial charge in [-0.05, 0) is 26.7 Å². The van der Waals surface area contributed by atoms with Gasteiger partial charge in [-0.2, -0.15) is 0 Å². The van der Waals surface area contributed by atoms with E-state index in [0.29, 0.717) is 6.61 Å². The fraction of sp³-hybridized carbons (Fsp3) is 0.778. The van der Waals surface area contributed by atoms with Crippen molar-refractivity contribution in [3.8, 4) is 0 Å². The minimum absolute atomic E-state index is 0.0376. The van der Waals surface area contributed by atoms with Crippen molar-refractivity contribution < 1.29 is 14.3 Å². The van der Waals surface area contributed by atoms with Crippen molar-refractivity contribution in [2.45, 2.75) is 32.2 Å². The summed E-state index contributed by atoms with van der Waals surface area (Å²) in [4.78, 5) is 22.0. The summed E-state index contributed by atoms with van der Waals surface area (Å²) in [6, 6.07) is 0. The Morgan fingerprint density at radius 3 is 2.46 bits per heavy atom. The monoisotopic (exact) mass is 185 g/mol. The number of ketones is 1. The van der Waals surface area contributed by atoms with E-state index in [1.54, 1.807) is 6.92 Å². The number of hydrogen-bond acceptors (Lipinski definition) is 4. The molecule has 0 radical (unpaired) electrons. The van der Waals surface area contributed by atoms with Gasteiger partial charge in [-0.1, -0.05) is 0 Å². The Labute approximate surface area is 77.6 Å². The lowest BCUT2D eigenvalue weighted by molar-refractivity contribution is -0.146. The SMILES string of the molecule is CCOC(=O)C1(NCC(C)=O)CC1. The first kappa shape index (κ1) is 10.2. The quantitative estimate of drug-likeness (QED) is 0.624. The number of nitrogens with one attached hydrogen (secondary N) is 1. The van der Waals surface area contributed by atoms with E-state index in [1.807, 2.05) is 0 Å². The Morgan fingerprint density at radius 1 is 1.46 bits per heavy atom. The second-order valence-corrected chi connectivity index (χ2v) is 3.36. The molecular weight excluding hydrogens is 170 g/mol. The van der Waals surface area contributed by atoms with Crippen molar-refractivity contribution in [3.63, 3.8) is 0 Å². The molecule has 1 N–H and O–H groups in total. The third kappa shape index (κ3) is 2.52. The molecule has 1 saturated carbocycles. The first-order valence-corrected chi connectivity index (χ1v) is 4.52. The molecule has 0 aromatic rings. The molecule has 0 atom stereocenters. The molecule has 0 unspecified atom stereocenters. The van der Waals surface area contributed by atoms with Crippen LogP contribution in [-0.2, 0) is 14.3 Å². The number of hydrogen-bond donors (Lipinski definition) is 1. The second-order valence-electron chi connectivity index (χ2n) is 3.36. The summed E-state index contributed by atoms with van der Waals surface area (Å²) >= 11 is 0. The Balaban J connectivity index is 2.38. The van der Waals surface area contributed by atoms with E-state index in [4.69, 9.17) is 4.74 Å². The molecule has 1 aliphatic carbocycles. The molecule has 13 heavy (non-hydrogen) atoms. The normalized spacial score (nSPS) is 18.0. The van der Waals surface area contributed by atoms with Gasteiger partial charge in [0.1, 0.15) is 11.3 Å². The highest BCUT2D eigenvalue weighted by Crippen LogP contribution is 2.36. The van der Waals surface area contributed by atoms with Crippen molar-refractivity contribution in [2.24, 2.45) is 0 Å². The van der Waals surface area contributed by atoms with Gasteiger partial charge in [0, 0.05) is 0 Å². The molecule has 1 fully saturated rings. The van der Waals surface area contributed by atoms with E-state index in [0.717, 1.165) is 12.8 Å². The van der Waals surface area contributed by atoms with Crippen LogP contribution in [0.5, 0.6) is 0 Å².